The Bertz CT molecular complexity index is 673. The van der Waals surface area contributed by atoms with Crippen molar-refractivity contribution in [1.82, 2.24) is 15.5 Å². The molecular formula is C16H21ClN4O2S. The molecule has 1 aliphatic rings. The van der Waals surface area contributed by atoms with E-state index in [1.54, 1.807) is 18.7 Å². The summed E-state index contributed by atoms with van der Waals surface area (Å²) in [6, 6.07) is 7.55. The second-order valence-electron chi connectivity index (χ2n) is 5.76. The van der Waals surface area contributed by atoms with Gasteiger partial charge < -0.3 is 15.6 Å². The van der Waals surface area contributed by atoms with Gasteiger partial charge in [-0.1, -0.05) is 5.16 Å². The molecule has 1 aromatic carbocycles. The Morgan fingerprint density at radius 1 is 1.42 bits per heavy atom. The lowest BCUT2D eigenvalue weighted by Crippen LogP contribution is -2.38. The van der Waals surface area contributed by atoms with Gasteiger partial charge in [0.1, 0.15) is 0 Å². The Kier molecular flexibility index (Phi) is 6.65. The van der Waals surface area contributed by atoms with Gasteiger partial charge in [0.05, 0.1) is 5.75 Å². The van der Waals surface area contributed by atoms with Gasteiger partial charge in [0.2, 0.25) is 5.89 Å². The van der Waals surface area contributed by atoms with Gasteiger partial charge in [-0.3, -0.25) is 4.79 Å². The molecule has 1 heterocycles. The Hall–Kier alpha value is -1.57. The molecule has 2 aromatic rings. The molecule has 130 valence electrons. The number of amides is 1. The van der Waals surface area contributed by atoms with Crippen LogP contribution in [-0.2, 0) is 5.75 Å². The van der Waals surface area contributed by atoms with Crippen LogP contribution >= 0.6 is 24.2 Å². The number of nitrogens with two attached hydrogens (primary N) is 1. The average molecular weight is 369 g/mol. The fourth-order valence-electron chi connectivity index (χ4n) is 2.25. The first-order valence-electron chi connectivity index (χ1n) is 7.67. The number of nitrogens with zero attached hydrogens (tertiary/aromatic N) is 2. The minimum Gasteiger partial charge on any atom is -0.350 e. The fourth-order valence-corrected chi connectivity index (χ4v) is 2.99. The normalized spacial score (nSPS) is 14.8. The Morgan fingerprint density at radius 3 is 2.71 bits per heavy atom. The lowest BCUT2D eigenvalue weighted by Gasteiger charge is -2.11. The van der Waals surface area contributed by atoms with E-state index in [-0.39, 0.29) is 24.4 Å². The maximum absolute atomic E-state index is 12.1. The number of benzene rings is 1. The van der Waals surface area contributed by atoms with E-state index in [0.29, 0.717) is 35.5 Å². The molecule has 1 unspecified atom stereocenters. The largest absolute Gasteiger partial charge is 0.350 e. The predicted molar refractivity (Wildman–Crippen MR) is 95.3 cm³/mol. The van der Waals surface area contributed by atoms with E-state index in [1.165, 1.54) is 12.8 Å². The quantitative estimate of drug-likeness (QED) is 0.729. The monoisotopic (exact) mass is 368 g/mol. The zero-order valence-electron chi connectivity index (χ0n) is 13.4. The number of aryl methyl sites for hydroxylation is 1. The van der Waals surface area contributed by atoms with Crippen molar-refractivity contribution in [2.24, 2.45) is 11.7 Å². The molecule has 3 N–H and O–H groups in total. The summed E-state index contributed by atoms with van der Waals surface area (Å²) in [5.74, 6) is 2.36. The van der Waals surface area contributed by atoms with E-state index in [0.717, 1.165) is 4.90 Å². The van der Waals surface area contributed by atoms with E-state index in [4.69, 9.17) is 10.3 Å². The second-order valence-corrected chi connectivity index (χ2v) is 6.81. The van der Waals surface area contributed by atoms with E-state index in [1.807, 2.05) is 24.3 Å². The molecule has 0 saturated heterocycles. The van der Waals surface area contributed by atoms with E-state index >= 15 is 0 Å². The molecule has 24 heavy (non-hydrogen) atoms. The summed E-state index contributed by atoms with van der Waals surface area (Å²) in [5, 5.41) is 6.65. The van der Waals surface area contributed by atoms with Crippen LogP contribution in [0.25, 0.3) is 0 Å². The molecule has 1 saturated carbocycles. The number of nitrogens with one attached hydrogen (secondary N) is 1. The van der Waals surface area contributed by atoms with Crippen LogP contribution in [0.5, 0.6) is 0 Å². The van der Waals surface area contributed by atoms with Crippen LogP contribution in [0, 0.1) is 12.8 Å². The van der Waals surface area contributed by atoms with Gasteiger partial charge in [-0.15, -0.1) is 24.2 Å². The van der Waals surface area contributed by atoms with Gasteiger partial charge in [-0.05, 0) is 49.9 Å². The Balaban J connectivity index is 0.00000208. The van der Waals surface area contributed by atoms with Crippen LogP contribution < -0.4 is 11.1 Å². The van der Waals surface area contributed by atoms with Gasteiger partial charge in [-0.25, -0.2) is 0 Å². The molecule has 0 radical (unpaired) electrons. The highest BCUT2D eigenvalue weighted by Crippen LogP contribution is 2.31. The van der Waals surface area contributed by atoms with E-state index in [2.05, 4.69) is 15.5 Å². The summed E-state index contributed by atoms with van der Waals surface area (Å²) in [4.78, 5) is 17.3. The zero-order valence-corrected chi connectivity index (χ0v) is 15.0. The van der Waals surface area contributed by atoms with Crippen LogP contribution in [0.15, 0.2) is 33.7 Å². The SMILES string of the molecule is Cc1noc(CSc2ccc(C(=O)NCC(N)C3CC3)cc2)n1.Cl. The van der Waals surface area contributed by atoms with Crippen LogP contribution in [0.4, 0.5) is 0 Å². The molecule has 0 bridgehead atoms. The van der Waals surface area contributed by atoms with Crippen LogP contribution in [0.3, 0.4) is 0 Å². The van der Waals surface area contributed by atoms with Crippen molar-refractivity contribution in [1.29, 1.82) is 0 Å². The molecule has 3 rings (SSSR count). The third kappa shape index (κ3) is 5.22. The van der Waals surface area contributed by atoms with Crippen LogP contribution in [0.2, 0.25) is 0 Å². The van der Waals surface area contributed by atoms with E-state index < -0.39 is 0 Å². The van der Waals surface area contributed by atoms with Gasteiger partial charge in [0.25, 0.3) is 5.91 Å². The van der Waals surface area contributed by atoms with Gasteiger partial charge in [0, 0.05) is 23.0 Å². The summed E-state index contributed by atoms with van der Waals surface area (Å²) in [6.07, 6.45) is 2.37. The lowest BCUT2D eigenvalue weighted by atomic mass is 10.2. The van der Waals surface area contributed by atoms with Crippen LogP contribution in [-0.4, -0.2) is 28.6 Å². The van der Waals surface area contributed by atoms with Crippen molar-refractivity contribution in [2.75, 3.05) is 6.54 Å². The molecule has 1 atom stereocenters. The van der Waals surface area contributed by atoms with Crippen molar-refractivity contribution in [3.63, 3.8) is 0 Å². The number of carbonyl (C=O) groups excluding carboxylic acids is 1. The molecule has 1 fully saturated rings. The Morgan fingerprint density at radius 2 is 2.12 bits per heavy atom. The minimum atomic E-state index is -0.0785. The first-order chi connectivity index (χ1) is 11.1. The average Bonchev–Trinajstić information content (AvgIpc) is 3.33. The standard InChI is InChI=1S/C16H20N4O2S.ClH/c1-10-19-15(22-20-10)9-23-13-6-4-12(5-7-13)16(21)18-8-14(17)11-2-3-11;/h4-7,11,14H,2-3,8-9,17H2,1H3,(H,18,21);1H. The highest BCUT2D eigenvalue weighted by Gasteiger charge is 2.28. The highest BCUT2D eigenvalue weighted by atomic mass is 35.5. The maximum Gasteiger partial charge on any atom is 0.251 e. The van der Waals surface area contributed by atoms with Crippen LogP contribution in [0.1, 0.15) is 34.9 Å². The summed E-state index contributed by atoms with van der Waals surface area (Å²) >= 11 is 1.59. The molecular weight excluding hydrogens is 348 g/mol. The molecule has 0 aliphatic heterocycles. The smallest absolute Gasteiger partial charge is 0.251 e. The molecule has 0 spiro atoms. The highest BCUT2D eigenvalue weighted by molar-refractivity contribution is 7.98. The first-order valence-corrected chi connectivity index (χ1v) is 8.66. The Labute approximate surface area is 151 Å². The van der Waals surface area contributed by atoms with Crippen molar-refractivity contribution >= 4 is 30.1 Å². The van der Waals surface area contributed by atoms with Crippen molar-refractivity contribution in [3.05, 3.63) is 41.5 Å². The first kappa shape index (κ1) is 18.8. The number of carbonyl (C=O) groups is 1. The lowest BCUT2D eigenvalue weighted by molar-refractivity contribution is 0.0950. The number of rotatable bonds is 7. The third-order valence-corrected chi connectivity index (χ3v) is 4.77. The summed E-state index contributed by atoms with van der Waals surface area (Å²) in [5.41, 5.74) is 6.63. The maximum atomic E-state index is 12.1. The molecule has 1 aliphatic carbocycles. The summed E-state index contributed by atoms with van der Waals surface area (Å²) in [7, 11) is 0. The number of halogens is 1. The van der Waals surface area contributed by atoms with Crippen molar-refractivity contribution in [3.8, 4) is 0 Å². The van der Waals surface area contributed by atoms with E-state index in [9.17, 15) is 4.79 Å². The van der Waals surface area contributed by atoms with Gasteiger partial charge in [-0.2, -0.15) is 4.98 Å². The molecule has 8 heteroatoms. The second kappa shape index (κ2) is 8.50. The number of hydrogen-bond donors (Lipinski definition) is 2. The van der Waals surface area contributed by atoms with Crippen molar-refractivity contribution < 1.29 is 9.32 Å². The predicted octanol–water partition coefficient (Wildman–Crippen LogP) is 2.56. The summed E-state index contributed by atoms with van der Waals surface area (Å²) < 4.78 is 5.07. The molecule has 1 aromatic heterocycles. The van der Waals surface area contributed by atoms with Gasteiger partial charge >= 0.3 is 0 Å². The fraction of sp³-hybridized carbons (Fsp3) is 0.438. The number of thioether (sulfide) groups is 1. The topological polar surface area (TPSA) is 94.0 Å². The third-order valence-electron chi connectivity index (χ3n) is 3.77. The zero-order chi connectivity index (χ0) is 16.2. The number of aromatic nitrogens is 2. The van der Waals surface area contributed by atoms with Gasteiger partial charge in [0.15, 0.2) is 5.82 Å². The summed E-state index contributed by atoms with van der Waals surface area (Å²) in [6.45, 7) is 2.33. The molecule has 6 nitrogen and oxygen atoms in total. The van der Waals surface area contributed by atoms with Crippen molar-refractivity contribution in [2.45, 2.75) is 36.5 Å². The minimum absolute atomic E-state index is 0. The molecule has 1 amide bonds. The number of hydrogen-bond acceptors (Lipinski definition) is 6.